The van der Waals surface area contributed by atoms with Gasteiger partial charge in [0.15, 0.2) is 11.6 Å². The predicted octanol–water partition coefficient (Wildman–Crippen LogP) is 5.04. The van der Waals surface area contributed by atoms with Crippen molar-refractivity contribution < 1.29 is 13.6 Å². The lowest BCUT2D eigenvalue weighted by atomic mass is 9.91. The van der Waals surface area contributed by atoms with Crippen LogP contribution in [0.4, 0.5) is 25.8 Å². The Morgan fingerprint density at radius 1 is 1.15 bits per heavy atom. The Balaban J connectivity index is 1.76. The molecule has 1 saturated heterocycles. The van der Waals surface area contributed by atoms with E-state index in [-0.39, 0.29) is 17.2 Å². The molecule has 0 radical (unpaired) electrons. The molecule has 206 valence electrons. The van der Waals surface area contributed by atoms with Gasteiger partial charge in [0.1, 0.15) is 11.4 Å². The smallest absolute Gasteiger partial charge is 0.276 e. The summed E-state index contributed by atoms with van der Waals surface area (Å²) in [4.78, 5) is 32.7. The van der Waals surface area contributed by atoms with Gasteiger partial charge in [-0.25, -0.2) is 8.78 Å². The molecule has 1 atom stereocenters. The van der Waals surface area contributed by atoms with Crippen molar-refractivity contribution in [1.29, 1.82) is 0 Å². The van der Waals surface area contributed by atoms with Crippen LogP contribution in [0.5, 0.6) is 0 Å². The Morgan fingerprint density at radius 3 is 2.46 bits per heavy atom. The minimum absolute atomic E-state index is 0.189. The van der Waals surface area contributed by atoms with Crippen molar-refractivity contribution >= 4 is 29.2 Å². The minimum atomic E-state index is -0.973. The summed E-state index contributed by atoms with van der Waals surface area (Å²) >= 11 is 0. The Morgan fingerprint density at radius 2 is 1.85 bits per heavy atom. The largest absolute Gasteiger partial charge is 0.398 e. The maximum Gasteiger partial charge on any atom is 0.276 e. The molecule has 0 bridgehead atoms. The maximum absolute atomic E-state index is 14.4. The Bertz CT molecular complexity index is 1460. The first kappa shape index (κ1) is 27.9. The van der Waals surface area contributed by atoms with Crippen molar-refractivity contribution in [2.45, 2.75) is 46.6 Å². The SMILES string of the molecule is CC(C)C(C)(C)N=Cc1c(N)ccc(NC(=O)c2ccc(=O)n(-c3c(F)cccc3F)n2)c1N1CC[C@H](C)C1. The zero-order chi connectivity index (χ0) is 28.5. The van der Waals surface area contributed by atoms with Crippen LogP contribution >= 0.6 is 0 Å². The molecule has 2 heterocycles. The van der Waals surface area contributed by atoms with Crippen LogP contribution in [0.3, 0.4) is 0 Å². The van der Waals surface area contributed by atoms with E-state index in [1.54, 1.807) is 18.3 Å². The number of hydrogen-bond donors (Lipinski definition) is 2. The summed E-state index contributed by atoms with van der Waals surface area (Å²) in [6.45, 7) is 12.0. The van der Waals surface area contributed by atoms with E-state index < -0.39 is 28.8 Å². The second-order valence-electron chi connectivity index (χ2n) is 10.9. The molecule has 1 amide bonds. The number of halogens is 2. The number of carbonyl (C=O) groups is 1. The molecule has 4 rings (SSSR count). The standard InChI is InChI=1S/C29H34F2N6O2/c1-17(2)29(4,5)33-15-19-22(32)9-10-23(26(19)36-14-13-18(3)16-36)34-28(39)24-11-12-25(38)37(35-24)27-20(30)7-6-8-21(27)31/h6-12,15,17-18H,13-14,16,32H2,1-5H3,(H,34,39)/t18-/m0/s1. The van der Waals surface area contributed by atoms with Crippen LogP contribution in [0.25, 0.3) is 5.69 Å². The van der Waals surface area contributed by atoms with Gasteiger partial charge in [0.2, 0.25) is 0 Å². The third-order valence-corrected chi connectivity index (χ3v) is 7.36. The zero-order valence-corrected chi connectivity index (χ0v) is 22.8. The lowest BCUT2D eigenvalue weighted by Gasteiger charge is -2.27. The van der Waals surface area contributed by atoms with Gasteiger partial charge in [-0.1, -0.05) is 26.8 Å². The minimum Gasteiger partial charge on any atom is -0.398 e. The summed E-state index contributed by atoms with van der Waals surface area (Å²) in [5.41, 5.74) is 6.92. The first-order valence-corrected chi connectivity index (χ1v) is 13.0. The number of rotatable bonds is 7. The molecular weight excluding hydrogens is 502 g/mol. The Labute approximate surface area is 226 Å². The summed E-state index contributed by atoms with van der Waals surface area (Å²) in [5.74, 6) is -1.86. The number of amides is 1. The van der Waals surface area contributed by atoms with Gasteiger partial charge in [0.25, 0.3) is 11.5 Å². The molecule has 8 nitrogen and oxygen atoms in total. The molecule has 2 aromatic carbocycles. The average molecular weight is 537 g/mol. The van der Waals surface area contributed by atoms with Gasteiger partial charge in [-0.3, -0.25) is 14.6 Å². The van der Waals surface area contributed by atoms with E-state index in [0.717, 1.165) is 43.4 Å². The fraction of sp³-hybridized carbons (Fsp3) is 0.379. The normalized spacial score (nSPS) is 15.9. The average Bonchev–Trinajstić information content (AvgIpc) is 3.30. The molecule has 3 N–H and O–H groups in total. The van der Waals surface area contributed by atoms with Gasteiger partial charge >= 0.3 is 0 Å². The Hall–Kier alpha value is -4.08. The van der Waals surface area contributed by atoms with Crippen LogP contribution in [-0.2, 0) is 0 Å². The lowest BCUT2D eigenvalue weighted by molar-refractivity contribution is 0.102. The van der Waals surface area contributed by atoms with E-state index in [2.05, 4.69) is 36.1 Å². The first-order valence-electron chi connectivity index (χ1n) is 13.0. The van der Waals surface area contributed by atoms with Crippen LogP contribution in [0, 0.1) is 23.5 Å². The van der Waals surface area contributed by atoms with Crippen LogP contribution in [-0.4, -0.2) is 40.5 Å². The molecule has 3 aromatic rings. The van der Waals surface area contributed by atoms with Gasteiger partial charge in [-0.2, -0.15) is 9.78 Å². The molecule has 39 heavy (non-hydrogen) atoms. The van der Waals surface area contributed by atoms with Crippen molar-refractivity contribution in [2.75, 3.05) is 29.0 Å². The van der Waals surface area contributed by atoms with Gasteiger partial charge in [-0.15, -0.1) is 0 Å². The monoisotopic (exact) mass is 536 g/mol. The molecule has 0 aliphatic carbocycles. The molecule has 0 unspecified atom stereocenters. The van der Waals surface area contributed by atoms with Crippen LogP contribution < -0.4 is 21.5 Å². The molecular formula is C29H34F2N6O2. The summed E-state index contributed by atoms with van der Waals surface area (Å²) < 4.78 is 29.3. The van der Waals surface area contributed by atoms with Crippen molar-refractivity contribution in [3.63, 3.8) is 0 Å². The van der Waals surface area contributed by atoms with Crippen LogP contribution in [0.1, 0.15) is 57.1 Å². The topological polar surface area (TPSA) is 106 Å². The highest BCUT2D eigenvalue weighted by atomic mass is 19.1. The molecule has 1 fully saturated rings. The quantitative estimate of drug-likeness (QED) is 0.325. The predicted molar refractivity (Wildman–Crippen MR) is 151 cm³/mol. The lowest BCUT2D eigenvalue weighted by Crippen LogP contribution is -2.28. The molecule has 0 spiro atoms. The number of nitrogen functional groups attached to an aromatic ring is 1. The van der Waals surface area contributed by atoms with Gasteiger partial charge in [0, 0.05) is 36.6 Å². The summed E-state index contributed by atoms with van der Waals surface area (Å²) in [5, 5.41) is 6.85. The third-order valence-electron chi connectivity index (χ3n) is 7.36. The fourth-order valence-corrected chi connectivity index (χ4v) is 4.29. The van der Waals surface area contributed by atoms with Crippen molar-refractivity contribution in [3.05, 3.63) is 75.7 Å². The number of nitrogens with one attached hydrogen (secondary N) is 1. The highest BCUT2D eigenvalue weighted by Gasteiger charge is 2.27. The summed E-state index contributed by atoms with van der Waals surface area (Å²) in [7, 11) is 0. The number of aliphatic imine (C=N–C) groups is 1. The van der Waals surface area contributed by atoms with Crippen molar-refractivity contribution in [1.82, 2.24) is 9.78 Å². The number of anilines is 3. The second-order valence-corrected chi connectivity index (χ2v) is 10.9. The van der Waals surface area contributed by atoms with E-state index in [1.165, 1.54) is 12.1 Å². The number of nitrogens with two attached hydrogens (primary N) is 1. The molecule has 10 heteroatoms. The van der Waals surface area contributed by atoms with Gasteiger partial charge < -0.3 is 16.0 Å². The summed E-state index contributed by atoms with van der Waals surface area (Å²) in [6.07, 6.45) is 2.75. The number of carbonyl (C=O) groups excluding carboxylic acids is 1. The van der Waals surface area contributed by atoms with Crippen LogP contribution in [0.15, 0.2) is 52.3 Å². The molecule has 1 aromatic heterocycles. The van der Waals surface area contributed by atoms with E-state index in [0.29, 0.717) is 27.5 Å². The number of nitrogens with zero attached hydrogens (tertiary/aromatic N) is 4. The van der Waals surface area contributed by atoms with E-state index in [9.17, 15) is 18.4 Å². The van der Waals surface area contributed by atoms with Gasteiger partial charge in [-0.05, 0) is 62.4 Å². The summed E-state index contributed by atoms with van der Waals surface area (Å²) in [6, 6.07) is 8.89. The number of benzene rings is 2. The van der Waals surface area contributed by atoms with Gasteiger partial charge in [0.05, 0.1) is 16.9 Å². The van der Waals surface area contributed by atoms with Crippen molar-refractivity contribution in [2.24, 2.45) is 16.8 Å². The second kappa shape index (κ2) is 11.0. The Kier molecular flexibility index (Phi) is 7.85. The van der Waals surface area contributed by atoms with E-state index >= 15 is 0 Å². The van der Waals surface area contributed by atoms with Crippen molar-refractivity contribution in [3.8, 4) is 5.69 Å². The van der Waals surface area contributed by atoms with Crippen LogP contribution in [0.2, 0.25) is 0 Å². The maximum atomic E-state index is 14.4. The van der Waals surface area contributed by atoms with E-state index in [4.69, 9.17) is 10.7 Å². The number of hydrogen-bond acceptors (Lipinski definition) is 6. The zero-order valence-electron chi connectivity index (χ0n) is 22.8. The molecule has 0 saturated carbocycles. The van der Waals surface area contributed by atoms with E-state index in [1.807, 2.05) is 13.8 Å². The fourth-order valence-electron chi connectivity index (χ4n) is 4.29. The third kappa shape index (κ3) is 5.84. The first-order chi connectivity index (χ1) is 18.4. The number of aromatic nitrogens is 2. The molecule has 1 aliphatic rings. The highest BCUT2D eigenvalue weighted by Crippen LogP contribution is 2.37. The number of para-hydroxylation sites is 1. The highest BCUT2D eigenvalue weighted by molar-refractivity contribution is 6.08. The molecule has 1 aliphatic heterocycles.